The maximum Gasteiger partial charge on any atom is 0.189 e. The fraction of sp³-hybridized carbons (Fsp3) is 0. The zero-order valence-corrected chi connectivity index (χ0v) is 8.62. The molecule has 0 fully saturated rings. The number of nitrogens with zero attached hydrogens (tertiary/aromatic N) is 2. The van der Waals surface area contributed by atoms with Crippen LogP contribution in [-0.2, 0) is 9.47 Å². The van der Waals surface area contributed by atoms with E-state index >= 15 is 0 Å². The molecule has 0 aliphatic carbocycles. The third-order valence-electron chi connectivity index (χ3n) is 1.33. The number of allylic oxidation sites excluding steroid dienone is 2. The van der Waals surface area contributed by atoms with Gasteiger partial charge in [0.2, 0.25) is 0 Å². The van der Waals surface area contributed by atoms with Gasteiger partial charge >= 0.3 is 0 Å². The molecule has 0 aromatic rings. The van der Waals surface area contributed by atoms with Crippen molar-refractivity contribution in [3.63, 3.8) is 0 Å². The molecule has 0 unspecified atom stereocenters. The van der Waals surface area contributed by atoms with Gasteiger partial charge in [0.05, 0.1) is 25.0 Å². The number of hydrogen-bond acceptors (Lipinski definition) is 6. The Morgan fingerprint density at radius 2 is 1.36 bits per heavy atom. The van der Waals surface area contributed by atoms with Crippen LogP contribution >= 0.6 is 23.9 Å². The molecule has 0 spiro atoms. The molecule has 0 saturated heterocycles. The van der Waals surface area contributed by atoms with Crippen LogP contribution in [0.3, 0.4) is 0 Å². The van der Waals surface area contributed by atoms with Crippen molar-refractivity contribution in [2.24, 2.45) is 8.80 Å². The van der Waals surface area contributed by atoms with Crippen molar-refractivity contribution in [3.8, 4) is 0 Å². The van der Waals surface area contributed by atoms with Gasteiger partial charge in [0, 0.05) is 34.7 Å². The van der Waals surface area contributed by atoms with Gasteiger partial charge in [0.1, 0.15) is 0 Å². The first kappa shape index (κ1) is 9.42. The zero-order chi connectivity index (χ0) is 9.64. The molecule has 0 saturated carbocycles. The van der Waals surface area contributed by atoms with E-state index in [9.17, 15) is 0 Å². The summed E-state index contributed by atoms with van der Waals surface area (Å²) in [6.07, 6.45) is 6.30. The van der Waals surface area contributed by atoms with Crippen LogP contribution in [0.25, 0.3) is 0 Å². The lowest BCUT2D eigenvalue weighted by molar-refractivity contribution is 0.315. The average molecular weight is 226 g/mol. The monoisotopic (exact) mass is 226 g/mol. The second-order valence-electron chi connectivity index (χ2n) is 2.19. The largest absolute Gasteiger partial charge is 0.459 e. The number of hydrogen-bond donors (Lipinski definition) is 0. The van der Waals surface area contributed by atoms with E-state index in [0.717, 1.165) is 0 Å². The van der Waals surface area contributed by atoms with Gasteiger partial charge < -0.3 is 9.47 Å². The first-order valence-corrected chi connectivity index (χ1v) is 5.40. The van der Waals surface area contributed by atoms with Gasteiger partial charge in [-0.25, -0.2) is 8.80 Å². The molecule has 0 amide bonds. The number of ether oxygens (including phenoxy) is 2. The molecule has 4 nitrogen and oxygen atoms in total. The van der Waals surface area contributed by atoms with Crippen LogP contribution < -0.4 is 0 Å². The Hall–Kier alpha value is -1.14. The van der Waals surface area contributed by atoms with Crippen LogP contribution in [0.15, 0.2) is 43.7 Å². The molecule has 72 valence electrons. The Morgan fingerprint density at radius 3 is 1.86 bits per heavy atom. The van der Waals surface area contributed by atoms with Gasteiger partial charge in [-0.15, -0.1) is 0 Å². The van der Waals surface area contributed by atoms with E-state index in [-0.39, 0.29) is 0 Å². The molecule has 2 aliphatic heterocycles. The summed E-state index contributed by atoms with van der Waals surface area (Å²) in [6, 6.07) is 0. The zero-order valence-electron chi connectivity index (χ0n) is 6.99. The summed E-state index contributed by atoms with van der Waals surface area (Å²) in [5.41, 5.74) is 0. The van der Waals surface area contributed by atoms with E-state index in [1.807, 2.05) is 0 Å². The number of rotatable bonds is 0. The summed E-state index contributed by atoms with van der Waals surface area (Å²) in [6.45, 7) is 0. The highest BCUT2D eigenvalue weighted by atomic mass is 32.2. The Morgan fingerprint density at radius 1 is 0.857 bits per heavy atom. The van der Waals surface area contributed by atoms with E-state index in [1.165, 1.54) is 23.9 Å². The Labute approximate surface area is 89.7 Å². The second kappa shape index (κ2) is 4.92. The van der Waals surface area contributed by atoms with Crippen molar-refractivity contribution in [1.82, 2.24) is 0 Å². The molecule has 0 aromatic carbocycles. The first-order valence-electron chi connectivity index (χ1n) is 3.73. The van der Waals surface area contributed by atoms with E-state index in [2.05, 4.69) is 8.80 Å². The van der Waals surface area contributed by atoms with Crippen molar-refractivity contribution in [3.05, 3.63) is 34.9 Å². The molecular weight excluding hydrogens is 220 g/mol. The molecule has 0 radical (unpaired) electrons. The van der Waals surface area contributed by atoms with E-state index in [0.29, 0.717) is 11.5 Å². The van der Waals surface area contributed by atoms with Crippen LogP contribution in [0, 0.1) is 0 Å². The van der Waals surface area contributed by atoms with Gasteiger partial charge in [-0.3, -0.25) is 0 Å². The Balaban J connectivity index is 2.27. The highest BCUT2D eigenvalue weighted by molar-refractivity contribution is 8.01. The predicted octanol–water partition coefficient (Wildman–Crippen LogP) is 2.64. The van der Waals surface area contributed by atoms with Gasteiger partial charge in [-0.1, -0.05) is 0 Å². The molecule has 2 aliphatic rings. The maximum atomic E-state index is 5.27. The summed E-state index contributed by atoms with van der Waals surface area (Å²) >= 11 is 2.59. The van der Waals surface area contributed by atoms with Crippen LogP contribution in [-0.4, -0.2) is 12.4 Å². The van der Waals surface area contributed by atoms with Crippen LogP contribution in [0.5, 0.6) is 0 Å². The van der Waals surface area contributed by atoms with Crippen molar-refractivity contribution in [2.45, 2.75) is 0 Å². The fourth-order valence-corrected chi connectivity index (χ4v) is 1.45. The van der Waals surface area contributed by atoms with Crippen LogP contribution in [0.1, 0.15) is 0 Å². The molecule has 14 heavy (non-hydrogen) atoms. The van der Waals surface area contributed by atoms with Crippen molar-refractivity contribution in [1.29, 1.82) is 0 Å². The summed E-state index contributed by atoms with van der Waals surface area (Å²) < 4.78 is 18.6. The molecule has 2 rings (SSSR count). The lowest BCUT2D eigenvalue weighted by Crippen LogP contribution is -1.97. The third kappa shape index (κ3) is 2.43. The topological polar surface area (TPSA) is 43.2 Å². The maximum absolute atomic E-state index is 5.27. The molecule has 6 heteroatoms. The van der Waals surface area contributed by atoms with E-state index in [1.54, 1.807) is 35.8 Å². The predicted molar refractivity (Wildman–Crippen MR) is 59.6 cm³/mol. The van der Waals surface area contributed by atoms with Crippen molar-refractivity contribution < 1.29 is 9.47 Å². The van der Waals surface area contributed by atoms with Gasteiger partial charge in [0.25, 0.3) is 0 Å². The van der Waals surface area contributed by atoms with Crippen LogP contribution in [0.4, 0.5) is 0 Å². The lowest BCUT2D eigenvalue weighted by Gasteiger charge is -2.03. The molecule has 2 heterocycles. The van der Waals surface area contributed by atoms with Gasteiger partial charge in [0.15, 0.2) is 11.5 Å². The molecular formula is C8H6N2O2S2. The second-order valence-corrected chi connectivity index (χ2v) is 3.58. The molecule has 0 aromatic heterocycles. The smallest absolute Gasteiger partial charge is 0.189 e. The first-order chi connectivity index (χ1) is 6.97. The summed E-state index contributed by atoms with van der Waals surface area (Å²) in [4.78, 5) is 0. The average Bonchev–Trinajstić information content (AvgIpc) is 2.62. The minimum atomic E-state index is 0.544. The summed E-state index contributed by atoms with van der Waals surface area (Å²) in [5.74, 6) is 1.09. The standard InChI is InChI=1S/C8H6N2O2S2/c1-3-13-9-5-7(11-1)8-6-10-14-4-2-12-8/h1-6H. The van der Waals surface area contributed by atoms with E-state index < -0.39 is 0 Å². The van der Waals surface area contributed by atoms with Crippen molar-refractivity contribution >= 4 is 36.3 Å². The Kier molecular flexibility index (Phi) is 3.31. The molecule has 0 N–H and O–H groups in total. The van der Waals surface area contributed by atoms with Crippen LogP contribution in [0.2, 0.25) is 0 Å². The minimum absolute atomic E-state index is 0.544. The van der Waals surface area contributed by atoms with Crippen molar-refractivity contribution in [2.75, 3.05) is 0 Å². The third-order valence-corrected chi connectivity index (χ3v) is 2.25. The highest BCUT2D eigenvalue weighted by Crippen LogP contribution is 2.17. The SMILES string of the molecule is C1=CSN=CC(=C2C=NSC=CO2)O1. The quantitative estimate of drug-likeness (QED) is 0.595. The lowest BCUT2D eigenvalue weighted by atomic mass is 10.4. The van der Waals surface area contributed by atoms with Gasteiger partial charge in [-0.2, -0.15) is 0 Å². The van der Waals surface area contributed by atoms with E-state index in [4.69, 9.17) is 9.47 Å². The van der Waals surface area contributed by atoms with Gasteiger partial charge in [-0.05, 0) is 0 Å². The molecule has 0 bridgehead atoms. The normalized spacial score (nSPS) is 25.1. The highest BCUT2D eigenvalue weighted by Gasteiger charge is 2.07. The fourth-order valence-electron chi connectivity index (χ4n) is 0.783. The minimum Gasteiger partial charge on any atom is -0.459 e. The summed E-state index contributed by atoms with van der Waals surface area (Å²) in [7, 11) is 0. The Bertz CT molecular complexity index is 324. The summed E-state index contributed by atoms with van der Waals surface area (Å²) in [5, 5.41) is 3.48. The molecule has 0 atom stereocenters.